The van der Waals surface area contributed by atoms with Crippen molar-refractivity contribution in [2.24, 2.45) is 5.92 Å². The van der Waals surface area contributed by atoms with Crippen LogP contribution in [-0.2, 0) is 9.59 Å². The van der Waals surface area contributed by atoms with Crippen LogP contribution < -0.4 is 5.32 Å². The molecule has 1 aromatic rings. The van der Waals surface area contributed by atoms with Gasteiger partial charge < -0.3 is 10.4 Å². The Kier molecular flexibility index (Phi) is 7.36. The van der Waals surface area contributed by atoms with E-state index in [1.54, 1.807) is 6.20 Å². The minimum Gasteiger partial charge on any atom is -0.395 e. The van der Waals surface area contributed by atoms with Crippen LogP contribution in [0.5, 0.6) is 0 Å². The molecule has 2 fully saturated rings. The highest BCUT2D eigenvalue weighted by molar-refractivity contribution is 6.23. The van der Waals surface area contributed by atoms with E-state index in [-0.39, 0.29) is 30.0 Å². The summed E-state index contributed by atoms with van der Waals surface area (Å²) >= 11 is 0. The number of rotatable bonds is 7. The highest BCUT2D eigenvalue weighted by atomic mass is 16.3. The molecule has 6 nitrogen and oxygen atoms in total. The number of aliphatic hydroxyl groups is 1. The lowest BCUT2D eigenvalue weighted by molar-refractivity contribution is -0.127. The number of nitrogens with zero attached hydrogens (tertiary/aromatic N) is 2. The summed E-state index contributed by atoms with van der Waals surface area (Å²) in [4.78, 5) is 29.9. The number of hydrogen-bond acceptors (Lipinski definition) is 6. The van der Waals surface area contributed by atoms with Crippen LogP contribution in [0.15, 0.2) is 42.1 Å². The molecule has 6 heteroatoms. The molecule has 152 valence electrons. The molecule has 1 aromatic carbocycles. The molecule has 0 bridgehead atoms. The summed E-state index contributed by atoms with van der Waals surface area (Å²) < 4.78 is 0. The van der Waals surface area contributed by atoms with Gasteiger partial charge in [-0.15, -0.1) is 0 Å². The molecule has 0 aromatic heterocycles. The van der Waals surface area contributed by atoms with E-state index in [2.05, 4.69) is 15.1 Å². The molecule has 28 heavy (non-hydrogen) atoms. The average Bonchev–Trinajstić information content (AvgIpc) is 2.72. The van der Waals surface area contributed by atoms with Crippen LogP contribution in [-0.4, -0.2) is 78.9 Å². The molecule has 1 saturated carbocycles. The Morgan fingerprint density at radius 3 is 2.36 bits per heavy atom. The molecule has 1 aliphatic carbocycles. The third kappa shape index (κ3) is 5.07. The molecular formula is C22H31N3O3. The van der Waals surface area contributed by atoms with E-state index < -0.39 is 0 Å². The number of Topliss-reactive ketones (excluding diaryl/α,β-unsaturated/α-hetero) is 2. The van der Waals surface area contributed by atoms with Crippen LogP contribution in [0.2, 0.25) is 0 Å². The number of allylic oxidation sites excluding steroid dienone is 1. The second-order valence-corrected chi connectivity index (χ2v) is 7.72. The number of β-amino-alcohol motifs (C(OH)–C–C–N with tert-alkyl or cyclic N) is 1. The van der Waals surface area contributed by atoms with E-state index in [1.807, 2.05) is 37.3 Å². The van der Waals surface area contributed by atoms with Gasteiger partial charge in [-0.3, -0.25) is 19.4 Å². The van der Waals surface area contributed by atoms with Crippen LogP contribution in [0.1, 0.15) is 24.8 Å². The maximum atomic E-state index is 12.7. The minimum absolute atomic E-state index is 0.0337. The van der Waals surface area contributed by atoms with Crippen molar-refractivity contribution in [3.05, 3.63) is 47.7 Å². The SMILES string of the molecule is CC1C(=O)/C(=C/NCCN2CCN(CCO)CC2)C(=O)CC1c1ccccc1. The fraction of sp³-hybridized carbons (Fsp3) is 0.545. The average molecular weight is 386 g/mol. The van der Waals surface area contributed by atoms with Gasteiger partial charge in [0.25, 0.3) is 0 Å². The number of hydrogen-bond donors (Lipinski definition) is 2. The number of aliphatic hydroxyl groups excluding tert-OH is 1. The van der Waals surface area contributed by atoms with Crippen molar-refractivity contribution in [3.63, 3.8) is 0 Å². The Bertz CT molecular complexity index is 696. The van der Waals surface area contributed by atoms with Crippen molar-refractivity contribution < 1.29 is 14.7 Å². The number of carbonyl (C=O) groups excluding carboxylic acids is 2. The van der Waals surface area contributed by atoms with E-state index in [1.165, 1.54) is 0 Å². The summed E-state index contributed by atoms with van der Waals surface area (Å²) in [5.41, 5.74) is 1.37. The van der Waals surface area contributed by atoms with Gasteiger partial charge in [0, 0.05) is 70.3 Å². The first kappa shape index (κ1) is 20.7. The summed E-state index contributed by atoms with van der Waals surface area (Å²) in [5, 5.41) is 12.2. The van der Waals surface area contributed by atoms with Gasteiger partial charge in [-0.05, 0) is 5.56 Å². The molecule has 2 aliphatic rings. The first-order valence-electron chi connectivity index (χ1n) is 10.2. The van der Waals surface area contributed by atoms with Crippen LogP contribution in [0, 0.1) is 5.92 Å². The van der Waals surface area contributed by atoms with Crippen molar-refractivity contribution in [2.45, 2.75) is 19.3 Å². The van der Waals surface area contributed by atoms with Crippen LogP contribution >= 0.6 is 0 Å². The molecule has 2 atom stereocenters. The maximum absolute atomic E-state index is 12.7. The summed E-state index contributed by atoms with van der Waals surface area (Å²) in [6.45, 7) is 8.35. The van der Waals surface area contributed by atoms with Crippen molar-refractivity contribution in [1.82, 2.24) is 15.1 Å². The summed E-state index contributed by atoms with van der Waals surface area (Å²) in [6, 6.07) is 9.84. The van der Waals surface area contributed by atoms with Crippen LogP contribution in [0.3, 0.4) is 0 Å². The molecule has 1 saturated heterocycles. The number of carbonyl (C=O) groups is 2. The van der Waals surface area contributed by atoms with Gasteiger partial charge in [0.05, 0.1) is 12.2 Å². The fourth-order valence-electron chi connectivity index (χ4n) is 4.09. The zero-order valence-electron chi connectivity index (χ0n) is 16.6. The van der Waals surface area contributed by atoms with E-state index in [9.17, 15) is 9.59 Å². The van der Waals surface area contributed by atoms with Crippen molar-refractivity contribution in [1.29, 1.82) is 0 Å². The second-order valence-electron chi connectivity index (χ2n) is 7.72. The molecule has 0 spiro atoms. The molecule has 2 N–H and O–H groups in total. The largest absolute Gasteiger partial charge is 0.395 e. The zero-order valence-corrected chi connectivity index (χ0v) is 16.6. The lowest BCUT2D eigenvalue weighted by atomic mass is 9.73. The zero-order chi connectivity index (χ0) is 19.9. The van der Waals surface area contributed by atoms with Crippen LogP contribution in [0.4, 0.5) is 0 Å². The van der Waals surface area contributed by atoms with Gasteiger partial charge in [-0.2, -0.15) is 0 Å². The second kappa shape index (κ2) is 9.96. The van der Waals surface area contributed by atoms with Gasteiger partial charge in [-0.25, -0.2) is 0 Å². The first-order chi connectivity index (χ1) is 13.6. The summed E-state index contributed by atoms with van der Waals surface area (Å²) in [7, 11) is 0. The van der Waals surface area contributed by atoms with Crippen molar-refractivity contribution >= 4 is 11.6 Å². The number of benzene rings is 1. The lowest BCUT2D eigenvalue weighted by Crippen LogP contribution is -2.48. The molecular weight excluding hydrogens is 354 g/mol. The quantitative estimate of drug-likeness (QED) is 0.415. The molecule has 0 radical (unpaired) electrons. The van der Waals surface area contributed by atoms with Gasteiger partial charge in [0.1, 0.15) is 0 Å². The van der Waals surface area contributed by atoms with Gasteiger partial charge >= 0.3 is 0 Å². The van der Waals surface area contributed by atoms with E-state index in [4.69, 9.17) is 5.11 Å². The van der Waals surface area contributed by atoms with Gasteiger partial charge in [0.15, 0.2) is 11.6 Å². The summed E-state index contributed by atoms with van der Waals surface area (Å²) in [5.74, 6) is -0.349. The van der Waals surface area contributed by atoms with Gasteiger partial charge in [0.2, 0.25) is 0 Å². The van der Waals surface area contributed by atoms with E-state index in [0.29, 0.717) is 18.5 Å². The van der Waals surface area contributed by atoms with E-state index in [0.717, 1.165) is 44.8 Å². The fourth-order valence-corrected chi connectivity index (χ4v) is 4.09. The molecule has 0 amide bonds. The van der Waals surface area contributed by atoms with Crippen molar-refractivity contribution in [2.75, 3.05) is 52.4 Å². The van der Waals surface area contributed by atoms with Crippen LogP contribution in [0.25, 0.3) is 0 Å². The molecule has 1 heterocycles. The normalized spacial score (nSPS) is 26.0. The monoisotopic (exact) mass is 385 g/mol. The number of nitrogens with one attached hydrogen (secondary N) is 1. The predicted molar refractivity (Wildman–Crippen MR) is 109 cm³/mol. The Morgan fingerprint density at radius 1 is 1.07 bits per heavy atom. The third-order valence-electron chi connectivity index (χ3n) is 5.92. The van der Waals surface area contributed by atoms with Crippen molar-refractivity contribution in [3.8, 4) is 0 Å². The maximum Gasteiger partial charge on any atom is 0.171 e. The lowest BCUT2D eigenvalue weighted by Gasteiger charge is -2.34. The molecule has 1 aliphatic heterocycles. The van der Waals surface area contributed by atoms with Gasteiger partial charge in [-0.1, -0.05) is 37.3 Å². The highest BCUT2D eigenvalue weighted by Gasteiger charge is 2.37. The topological polar surface area (TPSA) is 72.9 Å². The Balaban J connectivity index is 1.48. The predicted octanol–water partition coefficient (Wildman–Crippen LogP) is 1.03. The summed E-state index contributed by atoms with van der Waals surface area (Å²) in [6.07, 6.45) is 2.02. The third-order valence-corrected chi connectivity index (χ3v) is 5.92. The Morgan fingerprint density at radius 2 is 1.71 bits per heavy atom. The first-order valence-corrected chi connectivity index (χ1v) is 10.2. The smallest absolute Gasteiger partial charge is 0.171 e. The molecule has 3 rings (SSSR count). The standard InChI is InChI=1S/C22H31N3O3/c1-17-19(18-5-3-2-4-6-18)15-21(27)20(22(17)28)16-23-7-8-24-9-11-25(12-10-24)13-14-26/h2-6,16-17,19,23,26H,7-15H2,1H3/b20-16+. The Labute approximate surface area is 167 Å². The number of piperazine rings is 1. The number of ketones is 2. The Hall–Kier alpha value is -2.02. The molecule has 2 unspecified atom stereocenters. The minimum atomic E-state index is -0.187. The van der Waals surface area contributed by atoms with E-state index >= 15 is 0 Å². The highest BCUT2D eigenvalue weighted by Crippen LogP contribution is 2.35.